The van der Waals surface area contributed by atoms with E-state index in [2.05, 4.69) is 41.4 Å². The number of carbonyl (C=O) groups is 1. The first-order valence-corrected chi connectivity index (χ1v) is 7.62. The molecule has 21 heavy (non-hydrogen) atoms. The Morgan fingerprint density at radius 1 is 1.19 bits per heavy atom. The number of methoxy groups -OCH3 is 1. The van der Waals surface area contributed by atoms with E-state index in [1.165, 1.54) is 18.2 Å². The Hall–Kier alpha value is -1.62. The highest BCUT2D eigenvalue weighted by Gasteiger charge is 2.01. The van der Waals surface area contributed by atoms with Crippen LogP contribution in [0.5, 0.6) is 0 Å². The summed E-state index contributed by atoms with van der Waals surface area (Å²) in [6.45, 7) is 4.97. The molecule has 0 spiro atoms. The van der Waals surface area contributed by atoms with Gasteiger partial charge in [0.1, 0.15) is 0 Å². The smallest absolute Gasteiger partial charge is 0.305 e. The number of unbranched alkanes of at least 4 members (excludes halogenated alkanes) is 2. The van der Waals surface area contributed by atoms with Gasteiger partial charge in [0.2, 0.25) is 0 Å². The molecule has 0 radical (unpaired) electrons. The molecule has 0 aliphatic rings. The van der Waals surface area contributed by atoms with Gasteiger partial charge in [-0.1, -0.05) is 12.5 Å². The zero-order valence-corrected chi connectivity index (χ0v) is 13.8. The van der Waals surface area contributed by atoms with Crippen molar-refractivity contribution in [1.82, 2.24) is 5.32 Å². The molecule has 116 valence electrons. The van der Waals surface area contributed by atoms with Crippen LogP contribution < -0.4 is 10.6 Å². The van der Waals surface area contributed by atoms with E-state index >= 15 is 0 Å². The van der Waals surface area contributed by atoms with Gasteiger partial charge in [-0.2, -0.15) is 0 Å². The summed E-state index contributed by atoms with van der Waals surface area (Å²) in [4.78, 5) is 10.9. The number of benzene rings is 1. The van der Waals surface area contributed by atoms with E-state index in [1.807, 2.05) is 6.07 Å². The zero-order valence-electron chi connectivity index (χ0n) is 13.0. The summed E-state index contributed by atoms with van der Waals surface area (Å²) < 4.78 is 4.59. The van der Waals surface area contributed by atoms with Gasteiger partial charge in [0, 0.05) is 18.7 Å². The lowest BCUT2D eigenvalue weighted by atomic mass is 10.1. The number of ether oxygens (including phenoxy) is 1. The van der Waals surface area contributed by atoms with E-state index in [9.17, 15) is 4.79 Å². The van der Waals surface area contributed by atoms with Crippen LogP contribution in [0.2, 0.25) is 0 Å². The molecule has 0 amide bonds. The molecule has 0 fully saturated rings. The van der Waals surface area contributed by atoms with Gasteiger partial charge in [0.15, 0.2) is 5.11 Å². The number of esters is 1. The fraction of sp³-hybridized carbons (Fsp3) is 0.500. The van der Waals surface area contributed by atoms with E-state index in [1.54, 1.807) is 0 Å². The molecule has 1 rings (SSSR count). The maximum atomic E-state index is 10.9. The topological polar surface area (TPSA) is 50.4 Å². The summed E-state index contributed by atoms with van der Waals surface area (Å²) in [5, 5.41) is 6.98. The minimum absolute atomic E-state index is 0.144. The van der Waals surface area contributed by atoms with Gasteiger partial charge in [-0.25, -0.2) is 0 Å². The molecule has 1 aromatic rings. The normalized spacial score (nSPS) is 10.0. The molecule has 2 N–H and O–H groups in total. The molecule has 0 saturated heterocycles. The summed E-state index contributed by atoms with van der Waals surface area (Å²) in [6.07, 6.45) is 3.30. The van der Waals surface area contributed by atoms with Crippen LogP contribution in [0, 0.1) is 13.8 Å². The van der Waals surface area contributed by atoms with Gasteiger partial charge in [-0.3, -0.25) is 4.79 Å². The molecule has 0 bridgehead atoms. The number of aryl methyl sites for hydroxylation is 2. The van der Waals surface area contributed by atoms with Gasteiger partial charge in [0.25, 0.3) is 0 Å². The van der Waals surface area contributed by atoms with Gasteiger partial charge in [-0.15, -0.1) is 0 Å². The average Bonchev–Trinajstić information content (AvgIpc) is 2.46. The molecule has 0 unspecified atom stereocenters. The van der Waals surface area contributed by atoms with Crippen molar-refractivity contribution in [1.29, 1.82) is 0 Å². The van der Waals surface area contributed by atoms with Crippen molar-refractivity contribution in [3.05, 3.63) is 29.3 Å². The zero-order chi connectivity index (χ0) is 15.7. The Morgan fingerprint density at radius 2 is 1.95 bits per heavy atom. The van der Waals surface area contributed by atoms with E-state index in [0.29, 0.717) is 11.5 Å². The molecule has 0 atom stereocenters. The standard InChI is InChI=1S/C16H24N2O2S/c1-12-8-9-14(11-13(12)2)18-16(21)17-10-6-4-5-7-15(19)20-3/h8-9,11H,4-7,10H2,1-3H3,(H2,17,18,21). The molecule has 0 aliphatic carbocycles. The predicted molar refractivity (Wildman–Crippen MR) is 90.6 cm³/mol. The highest BCUT2D eigenvalue weighted by molar-refractivity contribution is 7.80. The average molecular weight is 308 g/mol. The Labute approximate surface area is 132 Å². The largest absolute Gasteiger partial charge is 0.469 e. The van der Waals surface area contributed by atoms with Crippen LogP contribution >= 0.6 is 12.2 Å². The first kappa shape index (κ1) is 17.4. The Balaban J connectivity index is 2.16. The molecule has 5 heteroatoms. The van der Waals surface area contributed by atoms with Gasteiger partial charge >= 0.3 is 5.97 Å². The Kier molecular flexibility index (Phi) is 7.75. The Bertz CT molecular complexity index is 489. The van der Waals surface area contributed by atoms with Crippen molar-refractivity contribution in [2.24, 2.45) is 0 Å². The maximum absolute atomic E-state index is 10.9. The fourth-order valence-electron chi connectivity index (χ4n) is 1.87. The minimum Gasteiger partial charge on any atom is -0.469 e. The third kappa shape index (κ3) is 7.09. The van der Waals surface area contributed by atoms with Crippen LogP contribution in [0.3, 0.4) is 0 Å². The van der Waals surface area contributed by atoms with Gasteiger partial charge in [-0.05, 0) is 62.2 Å². The molecule has 1 aromatic carbocycles. The van der Waals surface area contributed by atoms with Crippen molar-refractivity contribution in [3.63, 3.8) is 0 Å². The molecular formula is C16H24N2O2S. The monoisotopic (exact) mass is 308 g/mol. The number of hydrogen-bond acceptors (Lipinski definition) is 3. The summed E-state index contributed by atoms with van der Waals surface area (Å²) in [7, 11) is 1.42. The lowest BCUT2D eigenvalue weighted by molar-refractivity contribution is -0.140. The highest BCUT2D eigenvalue weighted by Crippen LogP contribution is 2.13. The third-order valence-electron chi connectivity index (χ3n) is 3.34. The summed E-state index contributed by atoms with van der Waals surface area (Å²) in [6, 6.07) is 6.18. The van der Waals surface area contributed by atoms with E-state index in [0.717, 1.165) is 31.5 Å². The van der Waals surface area contributed by atoms with Gasteiger partial charge < -0.3 is 15.4 Å². The molecule has 4 nitrogen and oxygen atoms in total. The van der Waals surface area contributed by atoms with E-state index in [-0.39, 0.29) is 5.97 Å². The molecular weight excluding hydrogens is 284 g/mol. The molecule has 0 heterocycles. The molecule has 0 aromatic heterocycles. The lowest BCUT2D eigenvalue weighted by Crippen LogP contribution is -2.29. The van der Waals surface area contributed by atoms with Crippen LogP contribution in [0.1, 0.15) is 36.8 Å². The summed E-state index contributed by atoms with van der Waals surface area (Å²) in [5.41, 5.74) is 3.51. The minimum atomic E-state index is -0.144. The van der Waals surface area contributed by atoms with Crippen LogP contribution in [0.15, 0.2) is 18.2 Å². The first-order chi connectivity index (χ1) is 10.0. The molecule has 0 aliphatic heterocycles. The number of hydrogen-bond donors (Lipinski definition) is 2. The Morgan fingerprint density at radius 3 is 2.62 bits per heavy atom. The summed E-state index contributed by atoms with van der Waals surface area (Å²) in [5.74, 6) is -0.144. The predicted octanol–water partition coefficient (Wildman–Crippen LogP) is 3.32. The van der Waals surface area contributed by atoms with Crippen LogP contribution in [-0.2, 0) is 9.53 Å². The van der Waals surface area contributed by atoms with Crippen molar-refractivity contribution in [2.45, 2.75) is 39.5 Å². The van der Waals surface area contributed by atoms with Crippen LogP contribution in [0.4, 0.5) is 5.69 Å². The van der Waals surface area contributed by atoms with Crippen molar-refractivity contribution in [2.75, 3.05) is 19.0 Å². The highest BCUT2D eigenvalue weighted by atomic mass is 32.1. The number of thiocarbonyl (C=S) groups is 1. The number of nitrogens with one attached hydrogen (secondary N) is 2. The lowest BCUT2D eigenvalue weighted by Gasteiger charge is -2.11. The summed E-state index contributed by atoms with van der Waals surface area (Å²) >= 11 is 5.25. The van der Waals surface area contributed by atoms with Gasteiger partial charge in [0.05, 0.1) is 7.11 Å². The van der Waals surface area contributed by atoms with E-state index in [4.69, 9.17) is 12.2 Å². The second-order valence-electron chi connectivity index (χ2n) is 5.07. The number of anilines is 1. The number of carbonyl (C=O) groups excluding carboxylic acids is 1. The number of rotatable bonds is 7. The van der Waals surface area contributed by atoms with Crippen molar-refractivity contribution in [3.8, 4) is 0 Å². The maximum Gasteiger partial charge on any atom is 0.305 e. The quantitative estimate of drug-likeness (QED) is 0.460. The fourth-order valence-corrected chi connectivity index (χ4v) is 2.09. The third-order valence-corrected chi connectivity index (χ3v) is 3.58. The second-order valence-corrected chi connectivity index (χ2v) is 5.47. The van der Waals surface area contributed by atoms with Crippen LogP contribution in [-0.4, -0.2) is 24.7 Å². The first-order valence-electron chi connectivity index (χ1n) is 7.22. The van der Waals surface area contributed by atoms with Crippen LogP contribution in [0.25, 0.3) is 0 Å². The van der Waals surface area contributed by atoms with Crippen molar-refractivity contribution < 1.29 is 9.53 Å². The molecule has 0 saturated carbocycles. The van der Waals surface area contributed by atoms with Crippen molar-refractivity contribution >= 4 is 29.0 Å². The second kappa shape index (κ2) is 9.34. The SMILES string of the molecule is COC(=O)CCCCCNC(=S)Nc1ccc(C)c(C)c1. The van der Waals surface area contributed by atoms with E-state index < -0.39 is 0 Å².